The third-order valence-electron chi connectivity index (χ3n) is 2.02. The van der Waals surface area contributed by atoms with E-state index in [4.69, 9.17) is 16.7 Å². The number of anilines is 1. The van der Waals surface area contributed by atoms with Gasteiger partial charge in [0.2, 0.25) is 10.0 Å². The van der Waals surface area contributed by atoms with E-state index in [1.807, 2.05) is 0 Å². The van der Waals surface area contributed by atoms with Crippen LogP contribution < -0.4 is 4.72 Å². The van der Waals surface area contributed by atoms with Crippen LogP contribution in [0.1, 0.15) is 12.8 Å². The molecule has 100 valence electrons. The number of halogens is 2. The number of carboxylic acids is 1. The predicted molar refractivity (Wildman–Crippen MR) is 73.4 cm³/mol. The van der Waals surface area contributed by atoms with E-state index in [1.165, 1.54) is 0 Å². The van der Waals surface area contributed by atoms with Gasteiger partial charge in [-0.05, 0) is 34.5 Å². The Bertz CT molecular complexity index is 547. The highest BCUT2D eigenvalue weighted by molar-refractivity contribution is 9.10. The Balaban J connectivity index is 2.71. The van der Waals surface area contributed by atoms with E-state index in [9.17, 15) is 13.2 Å². The normalized spacial score (nSPS) is 11.2. The van der Waals surface area contributed by atoms with Gasteiger partial charge in [-0.25, -0.2) is 8.42 Å². The minimum absolute atomic E-state index is 0.0584. The van der Waals surface area contributed by atoms with Crippen LogP contribution in [0.2, 0.25) is 5.02 Å². The highest BCUT2D eigenvalue weighted by Crippen LogP contribution is 2.30. The minimum atomic E-state index is -3.57. The van der Waals surface area contributed by atoms with Gasteiger partial charge in [-0.15, -0.1) is 0 Å². The van der Waals surface area contributed by atoms with E-state index >= 15 is 0 Å². The summed E-state index contributed by atoms with van der Waals surface area (Å²) in [5.74, 6) is -1.27. The molecule has 0 saturated carbocycles. The van der Waals surface area contributed by atoms with Crippen molar-refractivity contribution in [2.75, 3.05) is 10.5 Å². The second-order valence-corrected chi connectivity index (χ2v) is 6.56. The lowest BCUT2D eigenvalue weighted by atomic mass is 10.3. The van der Waals surface area contributed by atoms with Gasteiger partial charge >= 0.3 is 5.97 Å². The first kappa shape index (κ1) is 15.3. The SMILES string of the molecule is O=C(O)CCCS(=O)(=O)Nc1cccc(Cl)c1Br. The van der Waals surface area contributed by atoms with Crippen molar-refractivity contribution in [2.45, 2.75) is 12.8 Å². The Morgan fingerprint density at radius 2 is 2.11 bits per heavy atom. The molecule has 0 atom stereocenters. The van der Waals surface area contributed by atoms with Crippen LogP contribution in [-0.4, -0.2) is 25.2 Å². The van der Waals surface area contributed by atoms with Crippen molar-refractivity contribution in [2.24, 2.45) is 0 Å². The minimum Gasteiger partial charge on any atom is -0.481 e. The molecule has 8 heteroatoms. The summed E-state index contributed by atoms with van der Waals surface area (Å²) in [5, 5.41) is 8.83. The van der Waals surface area contributed by atoms with Crippen molar-refractivity contribution in [3.63, 3.8) is 0 Å². The third-order valence-corrected chi connectivity index (χ3v) is 4.78. The molecule has 0 spiro atoms. The highest BCUT2D eigenvalue weighted by Gasteiger charge is 2.14. The summed E-state index contributed by atoms with van der Waals surface area (Å²) >= 11 is 9.00. The first-order chi connectivity index (χ1) is 8.32. The number of nitrogens with one attached hydrogen (secondary N) is 1. The molecule has 0 heterocycles. The van der Waals surface area contributed by atoms with E-state index < -0.39 is 16.0 Å². The van der Waals surface area contributed by atoms with Gasteiger partial charge in [0.1, 0.15) is 0 Å². The summed E-state index contributed by atoms with van der Waals surface area (Å²) in [4.78, 5) is 10.3. The third kappa shape index (κ3) is 4.83. The molecule has 1 rings (SSSR count). The van der Waals surface area contributed by atoms with Gasteiger partial charge in [0, 0.05) is 6.42 Å². The second-order valence-electron chi connectivity index (χ2n) is 3.52. The number of benzene rings is 1. The molecule has 0 aliphatic carbocycles. The van der Waals surface area contributed by atoms with Crippen LogP contribution in [0.15, 0.2) is 22.7 Å². The standard InChI is InChI=1S/C10H11BrClNO4S/c11-10-7(12)3-1-4-8(10)13-18(16,17)6-2-5-9(14)15/h1,3-4,13H,2,5-6H2,(H,14,15). The lowest BCUT2D eigenvalue weighted by Gasteiger charge is -2.09. The van der Waals surface area contributed by atoms with Crippen LogP contribution in [0.3, 0.4) is 0 Å². The quantitative estimate of drug-likeness (QED) is 0.821. The Labute approximate surface area is 118 Å². The summed E-state index contributed by atoms with van der Waals surface area (Å²) in [5.41, 5.74) is 0.331. The average molecular weight is 357 g/mol. The number of hydrogen-bond acceptors (Lipinski definition) is 3. The summed E-state index contributed by atoms with van der Waals surface area (Å²) < 4.78 is 26.2. The summed E-state index contributed by atoms with van der Waals surface area (Å²) in [6.45, 7) is 0. The number of carboxylic acid groups (broad SMARTS) is 1. The average Bonchev–Trinajstić information content (AvgIpc) is 2.23. The van der Waals surface area contributed by atoms with Gasteiger partial charge < -0.3 is 5.11 Å². The number of hydrogen-bond donors (Lipinski definition) is 2. The van der Waals surface area contributed by atoms with Crippen LogP contribution in [-0.2, 0) is 14.8 Å². The molecule has 0 aliphatic heterocycles. The number of sulfonamides is 1. The molecule has 0 bridgehead atoms. The first-order valence-electron chi connectivity index (χ1n) is 4.98. The van der Waals surface area contributed by atoms with E-state index in [0.717, 1.165) is 0 Å². The first-order valence-corrected chi connectivity index (χ1v) is 7.80. The van der Waals surface area contributed by atoms with Gasteiger partial charge in [-0.1, -0.05) is 17.7 Å². The van der Waals surface area contributed by atoms with E-state index in [0.29, 0.717) is 15.2 Å². The summed E-state index contributed by atoms with van der Waals surface area (Å²) in [7, 11) is -3.57. The smallest absolute Gasteiger partial charge is 0.303 e. The van der Waals surface area contributed by atoms with Crippen molar-refractivity contribution in [1.29, 1.82) is 0 Å². The summed E-state index contributed by atoms with van der Waals surface area (Å²) in [6.07, 6.45) is -0.125. The molecule has 2 N–H and O–H groups in total. The largest absolute Gasteiger partial charge is 0.481 e. The summed E-state index contributed by atoms with van der Waals surface area (Å²) in [6, 6.07) is 4.79. The zero-order valence-corrected chi connectivity index (χ0v) is 12.3. The van der Waals surface area contributed by atoms with Crippen molar-refractivity contribution < 1.29 is 18.3 Å². The van der Waals surface area contributed by atoms with Crippen LogP contribution in [0, 0.1) is 0 Å². The molecular formula is C10H11BrClNO4S. The van der Waals surface area contributed by atoms with Gasteiger partial charge in [0.25, 0.3) is 0 Å². The fraction of sp³-hybridized carbons (Fsp3) is 0.300. The molecular weight excluding hydrogens is 346 g/mol. The van der Waals surface area contributed by atoms with Crippen LogP contribution in [0.4, 0.5) is 5.69 Å². The topological polar surface area (TPSA) is 83.5 Å². The van der Waals surface area contributed by atoms with Crippen molar-refractivity contribution >= 4 is 49.2 Å². The molecule has 0 aromatic heterocycles. The van der Waals surface area contributed by atoms with Crippen LogP contribution in [0.25, 0.3) is 0 Å². The maximum absolute atomic E-state index is 11.7. The Hall–Kier alpha value is -0.790. The molecule has 1 aromatic rings. The maximum atomic E-state index is 11.7. The zero-order chi connectivity index (χ0) is 13.8. The molecule has 0 radical (unpaired) electrons. The molecule has 0 fully saturated rings. The monoisotopic (exact) mass is 355 g/mol. The molecule has 0 amide bonds. The number of carbonyl (C=O) groups is 1. The molecule has 1 aromatic carbocycles. The van der Waals surface area contributed by atoms with Gasteiger partial charge in [0.05, 0.1) is 20.9 Å². The lowest BCUT2D eigenvalue weighted by molar-refractivity contribution is -0.137. The fourth-order valence-electron chi connectivity index (χ4n) is 1.21. The molecule has 18 heavy (non-hydrogen) atoms. The zero-order valence-electron chi connectivity index (χ0n) is 9.19. The van der Waals surface area contributed by atoms with E-state index in [-0.39, 0.29) is 18.6 Å². The van der Waals surface area contributed by atoms with Crippen LogP contribution in [0.5, 0.6) is 0 Å². The number of rotatable bonds is 6. The Morgan fingerprint density at radius 1 is 1.44 bits per heavy atom. The van der Waals surface area contributed by atoms with Crippen LogP contribution >= 0.6 is 27.5 Å². The molecule has 0 unspecified atom stereocenters. The maximum Gasteiger partial charge on any atom is 0.303 e. The lowest BCUT2D eigenvalue weighted by Crippen LogP contribution is -2.17. The molecule has 0 saturated heterocycles. The predicted octanol–water partition coefficient (Wildman–Crippen LogP) is 2.71. The number of aliphatic carboxylic acids is 1. The van der Waals surface area contributed by atoms with Gasteiger partial charge in [-0.2, -0.15) is 0 Å². The van der Waals surface area contributed by atoms with E-state index in [2.05, 4.69) is 20.7 Å². The Kier molecular flexibility index (Phi) is 5.43. The van der Waals surface area contributed by atoms with Gasteiger partial charge in [0.15, 0.2) is 0 Å². The van der Waals surface area contributed by atoms with E-state index in [1.54, 1.807) is 18.2 Å². The fourth-order valence-corrected chi connectivity index (χ4v) is 3.02. The molecule has 5 nitrogen and oxygen atoms in total. The highest BCUT2D eigenvalue weighted by atomic mass is 79.9. The van der Waals surface area contributed by atoms with Gasteiger partial charge in [-0.3, -0.25) is 9.52 Å². The van der Waals surface area contributed by atoms with Crippen molar-refractivity contribution in [3.05, 3.63) is 27.7 Å². The van der Waals surface area contributed by atoms with Crippen molar-refractivity contribution in [1.82, 2.24) is 0 Å². The van der Waals surface area contributed by atoms with Crippen molar-refractivity contribution in [3.8, 4) is 0 Å². The second kappa shape index (κ2) is 6.40. The Morgan fingerprint density at radius 3 is 2.72 bits per heavy atom. The molecule has 0 aliphatic rings.